The van der Waals surface area contributed by atoms with E-state index in [1.54, 1.807) is 6.92 Å². The third kappa shape index (κ3) is 4.67. The number of rotatable bonds is 3. The Hall–Kier alpha value is -1.72. The molecule has 0 aliphatic carbocycles. The molecule has 0 radical (unpaired) electrons. The zero-order valence-electron chi connectivity index (χ0n) is 7.23. The predicted octanol–water partition coefficient (Wildman–Crippen LogP) is 2.02. The van der Waals surface area contributed by atoms with Gasteiger partial charge in [-0.05, 0) is 6.92 Å². The number of carboxylic acid groups (broad SMARTS) is 2. The normalized spacial score (nSPS) is 11.5. The van der Waals surface area contributed by atoms with E-state index < -0.39 is 12.3 Å². The van der Waals surface area contributed by atoms with Crippen molar-refractivity contribution >= 4 is 12.3 Å². The molecule has 6 nitrogen and oxygen atoms in total. The lowest BCUT2D eigenvalue weighted by molar-refractivity contribution is 0.0957. The van der Waals surface area contributed by atoms with Crippen LogP contribution < -0.4 is 0 Å². The molecule has 0 saturated carbocycles. The lowest BCUT2D eigenvalue weighted by Crippen LogP contribution is -2.06. The van der Waals surface area contributed by atoms with Gasteiger partial charge in [0.2, 0.25) is 0 Å². The van der Waals surface area contributed by atoms with Crippen LogP contribution in [0, 0.1) is 0 Å². The Labute approximate surface area is 74.4 Å². The minimum absolute atomic E-state index is 0.0186. The molecule has 0 aromatic heterocycles. The first kappa shape index (κ1) is 11.3. The zero-order chi connectivity index (χ0) is 10.4. The Kier molecular flexibility index (Phi) is 4.36. The van der Waals surface area contributed by atoms with E-state index >= 15 is 0 Å². The van der Waals surface area contributed by atoms with Gasteiger partial charge in [0.25, 0.3) is 0 Å². The van der Waals surface area contributed by atoms with Crippen molar-refractivity contribution < 1.29 is 29.3 Å². The second kappa shape index (κ2) is 5.02. The molecule has 0 aliphatic rings. The molecule has 0 saturated heterocycles. The summed E-state index contributed by atoms with van der Waals surface area (Å²) in [7, 11) is 0. The average molecular weight is 190 g/mol. The highest BCUT2D eigenvalue weighted by Crippen LogP contribution is 2.11. The summed E-state index contributed by atoms with van der Waals surface area (Å²) >= 11 is 0. The highest BCUT2D eigenvalue weighted by atomic mass is 16.7. The fourth-order valence-electron chi connectivity index (χ4n) is 0.686. The Morgan fingerprint density at radius 2 is 1.62 bits per heavy atom. The van der Waals surface area contributed by atoms with Gasteiger partial charge in [0.15, 0.2) is 0 Å². The first-order chi connectivity index (χ1) is 5.97. The molecule has 0 fully saturated rings. The van der Waals surface area contributed by atoms with Crippen molar-refractivity contribution in [1.82, 2.24) is 0 Å². The molecule has 0 heterocycles. The standard InChI is InChI=1S/C7H10O6/c1-3-5(13-7(10)11)4(2)12-6(8)9/h3H2,1-2H3,(H,8,9)(H,10,11)/b5-4-. The van der Waals surface area contributed by atoms with E-state index in [-0.39, 0.29) is 17.9 Å². The third-order valence-corrected chi connectivity index (χ3v) is 1.16. The van der Waals surface area contributed by atoms with Crippen molar-refractivity contribution in [2.75, 3.05) is 0 Å². The second-order valence-corrected chi connectivity index (χ2v) is 2.07. The lowest BCUT2D eigenvalue weighted by Gasteiger charge is -2.06. The first-order valence-corrected chi connectivity index (χ1v) is 3.48. The van der Waals surface area contributed by atoms with Crippen LogP contribution in [0.25, 0.3) is 0 Å². The maximum absolute atomic E-state index is 10.1. The van der Waals surface area contributed by atoms with E-state index in [1.165, 1.54) is 6.92 Å². The fraction of sp³-hybridized carbons (Fsp3) is 0.429. The van der Waals surface area contributed by atoms with Crippen LogP contribution in [0.1, 0.15) is 20.3 Å². The van der Waals surface area contributed by atoms with E-state index in [2.05, 4.69) is 9.47 Å². The maximum Gasteiger partial charge on any atom is 0.511 e. The minimum atomic E-state index is -1.50. The molecule has 0 aromatic rings. The van der Waals surface area contributed by atoms with Gasteiger partial charge in [0, 0.05) is 6.42 Å². The molecule has 0 unspecified atom stereocenters. The number of carbonyl (C=O) groups is 2. The summed E-state index contributed by atoms with van der Waals surface area (Å²) in [6, 6.07) is 0. The van der Waals surface area contributed by atoms with Crippen molar-refractivity contribution in [2.45, 2.75) is 20.3 Å². The van der Waals surface area contributed by atoms with Gasteiger partial charge in [-0.25, -0.2) is 9.59 Å². The van der Waals surface area contributed by atoms with Crippen molar-refractivity contribution in [1.29, 1.82) is 0 Å². The third-order valence-electron chi connectivity index (χ3n) is 1.16. The molecule has 0 amide bonds. The van der Waals surface area contributed by atoms with E-state index in [1.807, 2.05) is 0 Å². The van der Waals surface area contributed by atoms with E-state index in [4.69, 9.17) is 10.2 Å². The quantitative estimate of drug-likeness (QED) is 0.522. The van der Waals surface area contributed by atoms with Gasteiger partial charge in [0.1, 0.15) is 11.5 Å². The molecule has 0 rings (SSSR count). The summed E-state index contributed by atoms with van der Waals surface area (Å²) in [5.74, 6) is -0.0905. The first-order valence-electron chi connectivity index (χ1n) is 3.48. The highest BCUT2D eigenvalue weighted by molar-refractivity contribution is 5.60. The van der Waals surface area contributed by atoms with Crippen LogP contribution >= 0.6 is 0 Å². The minimum Gasteiger partial charge on any atom is -0.449 e. The van der Waals surface area contributed by atoms with Crippen molar-refractivity contribution in [3.05, 3.63) is 11.5 Å². The lowest BCUT2D eigenvalue weighted by atomic mass is 10.3. The second-order valence-electron chi connectivity index (χ2n) is 2.07. The number of allylic oxidation sites excluding steroid dienone is 2. The Balaban J connectivity index is 4.48. The SMILES string of the molecule is CC/C(OC(=O)O)=C(\C)OC(=O)O. The molecule has 2 N–H and O–H groups in total. The van der Waals surface area contributed by atoms with Crippen LogP contribution in [-0.2, 0) is 9.47 Å². The van der Waals surface area contributed by atoms with Gasteiger partial charge >= 0.3 is 12.3 Å². The fourth-order valence-corrected chi connectivity index (χ4v) is 0.686. The Morgan fingerprint density at radius 1 is 1.15 bits per heavy atom. The monoisotopic (exact) mass is 190 g/mol. The maximum atomic E-state index is 10.1. The molecular formula is C7H10O6. The van der Waals surface area contributed by atoms with Crippen LogP contribution in [0.2, 0.25) is 0 Å². The summed E-state index contributed by atoms with van der Waals surface area (Å²) in [5, 5.41) is 16.4. The van der Waals surface area contributed by atoms with E-state index in [0.717, 1.165) is 0 Å². The highest BCUT2D eigenvalue weighted by Gasteiger charge is 2.10. The van der Waals surface area contributed by atoms with E-state index in [0.29, 0.717) is 0 Å². The van der Waals surface area contributed by atoms with Gasteiger partial charge in [0.05, 0.1) is 0 Å². The van der Waals surface area contributed by atoms with Gasteiger partial charge in [-0.1, -0.05) is 6.92 Å². The molecule has 0 aromatic carbocycles. The van der Waals surface area contributed by atoms with Crippen LogP contribution in [0.15, 0.2) is 11.5 Å². The number of hydrogen-bond acceptors (Lipinski definition) is 4. The van der Waals surface area contributed by atoms with Gasteiger partial charge in [-0.15, -0.1) is 0 Å². The van der Waals surface area contributed by atoms with E-state index in [9.17, 15) is 9.59 Å². The van der Waals surface area contributed by atoms with Crippen LogP contribution in [-0.4, -0.2) is 22.5 Å². The summed E-state index contributed by atoms with van der Waals surface area (Å²) in [4.78, 5) is 20.2. The summed E-state index contributed by atoms with van der Waals surface area (Å²) < 4.78 is 8.48. The average Bonchev–Trinajstić information content (AvgIpc) is 1.98. The number of ether oxygens (including phenoxy) is 2. The predicted molar refractivity (Wildman–Crippen MR) is 41.2 cm³/mol. The summed E-state index contributed by atoms with van der Waals surface area (Å²) in [6.45, 7) is 2.93. The van der Waals surface area contributed by atoms with Crippen molar-refractivity contribution in [2.24, 2.45) is 0 Å². The molecule has 6 heteroatoms. The van der Waals surface area contributed by atoms with Gasteiger partial charge in [-0.3, -0.25) is 0 Å². The molecular weight excluding hydrogens is 180 g/mol. The smallest absolute Gasteiger partial charge is 0.449 e. The number of hydrogen-bond donors (Lipinski definition) is 2. The van der Waals surface area contributed by atoms with Crippen LogP contribution in [0.5, 0.6) is 0 Å². The Morgan fingerprint density at radius 3 is 1.92 bits per heavy atom. The Bertz CT molecular complexity index is 241. The van der Waals surface area contributed by atoms with Crippen LogP contribution in [0.3, 0.4) is 0 Å². The largest absolute Gasteiger partial charge is 0.511 e. The summed E-state index contributed by atoms with van der Waals surface area (Å²) in [5.41, 5.74) is 0. The molecule has 0 bridgehead atoms. The van der Waals surface area contributed by atoms with Crippen LogP contribution in [0.4, 0.5) is 9.59 Å². The zero-order valence-corrected chi connectivity index (χ0v) is 7.23. The summed E-state index contributed by atoms with van der Waals surface area (Å²) in [6.07, 6.45) is -2.76. The molecule has 74 valence electrons. The molecule has 13 heavy (non-hydrogen) atoms. The van der Waals surface area contributed by atoms with Gasteiger partial charge in [-0.2, -0.15) is 0 Å². The molecule has 0 spiro atoms. The molecule has 0 aliphatic heterocycles. The van der Waals surface area contributed by atoms with Crippen molar-refractivity contribution in [3.63, 3.8) is 0 Å². The van der Waals surface area contributed by atoms with Gasteiger partial charge < -0.3 is 19.7 Å². The topological polar surface area (TPSA) is 93.1 Å². The molecule has 0 atom stereocenters. The van der Waals surface area contributed by atoms with Crippen molar-refractivity contribution in [3.8, 4) is 0 Å².